The second kappa shape index (κ2) is 11.5. The summed E-state index contributed by atoms with van der Waals surface area (Å²) in [4.78, 5) is 30.7. The number of carbonyl (C=O) groups is 2. The van der Waals surface area contributed by atoms with Crippen molar-refractivity contribution in [2.45, 2.75) is 131 Å². The minimum absolute atomic E-state index is 0.00517. The van der Waals surface area contributed by atoms with Gasteiger partial charge in [0.25, 0.3) is 0 Å². The molecule has 0 bridgehead atoms. The summed E-state index contributed by atoms with van der Waals surface area (Å²) in [5.41, 5.74) is 0.416. The number of amides is 3. The van der Waals surface area contributed by atoms with Crippen LogP contribution in [0.3, 0.4) is 0 Å². The number of nitrogens with zero attached hydrogens (tertiary/aromatic N) is 3. The zero-order chi connectivity index (χ0) is 34.8. The lowest BCUT2D eigenvalue weighted by Gasteiger charge is -2.64. The first-order chi connectivity index (χ1) is 22.4. The lowest BCUT2D eigenvalue weighted by Crippen LogP contribution is -2.60. The van der Waals surface area contributed by atoms with E-state index in [1.54, 1.807) is 23.9 Å². The molecule has 5 saturated carbocycles. The fourth-order valence-corrected chi connectivity index (χ4v) is 13.9. The highest BCUT2D eigenvalue weighted by Crippen LogP contribution is 2.89. The Balaban J connectivity index is 1.09. The van der Waals surface area contributed by atoms with E-state index < -0.39 is 6.10 Å². The molecule has 2 aliphatic heterocycles. The van der Waals surface area contributed by atoms with Gasteiger partial charge in [-0.05, 0) is 96.7 Å². The molecule has 7 rings (SSSR count). The maximum atomic E-state index is 12.8. The average molecular weight is 672 g/mol. The van der Waals surface area contributed by atoms with Gasteiger partial charge in [-0.15, -0.1) is 0 Å². The van der Waals surface area contributed by atoms with Crippen LogP contribution in [0.4, 0.5) is 4.79 Å². The van der Waals surface area contributed by atoms with Crippen molar-refractivity contribution in [2.75, 3.05) is 47.4 Å². The van der Waals surface area contributed by atoms with Gasteiger partial charge in [0.05, 0.1) is 37.6 Å². The lowest BCUT2D eigenvalue weighted by atomic mass is 9.41. The Kier molecular flexibility index (Phi) is 8.42. The van der Waals surface area contributed by atoms with Crippen molar-refractivity contribution in [3.63, 3.8) is 0 Å². The largest absolute Gasteiger partial charge is 0.390 e. The minimum atomic E-state index is -0.503. The van der Waals surface area contributed by atoms with Crippen LogP contribution in [0.2, 0.25) is 0 Å². The zero-order valence-electron chi connectivity index (χ0n) is 31.6. The second-order valence-electron chi connectivity index (χ2n) is 19.1. The van der Waals surface area contributed by atoms with Gasteiger partial charge in [0, 0.05) is 45.6 Å². The smallest absolute Gasteiger partial charge is 0.319 e. The summed E-state index contributed by atoms with van der Waals surface area (Å²) in [6.45, 7) is 18.4. The Hall–Kier alpha value is -1.42. The Morgan fingerprint density at radius 3 is 2.38 bits per heavy atom. The summed E-state index contributed by atoms with van der Waals surface area (Å²) in [6, 6.07) is -0.0109. The molecule has 7 aliphatic rings. The fraction of sp³-hybridized carbons (Fsp3) is 0.949. The van der Waals surface area contributed by atoms with E-state index in [0.717, 1.165) is 25.7 Å². The molecule has 0 radical (unpaired) electrons. The van der Waals surface area contributed by atoms with Crippen LogP contribution in [-0.2, 0) is 19.0 Å². The third-order valence-electron chi connectivity index (χ3n) is 16.2. The van der Waals surface area contributed by atoms with E-state index in [-0.39, 0.29) is 64.1 Å². The molecule has 2 spiro atoms. The molecule has 0 aromatic carbocycles. The molecular weight excluding hydrogens is 606 g/mol. The molecule has 8 unspecified atom stereocenters. The molecule has 0 aromatic heterocycles. The number of morpholine rings is 1. The first-order valence-electron chi connectivity index (χ1n) is 19.3. The summed E-state index contributed by atoms with van der Waals surface area (Å²) in [6.07, 6.45) is 8.15. The molecule has 9 heteroatoms. The fourth-order valence-electron chi connectivity index (χ4n) is 13.9. The lowest BCUT2D eigenvalue weighted by molar-refractivity contribution is -0.248. The van der Waals surface area contributed by atoms with Crippen LogP contribution < -0.4 is 0 Å². The predicted molar refractivity (Wildman–Crippen MR) is 184 cm³/mol. The highest BCUT2D eigenvalue weighted by molar-refractivity contribution is 5.78. The first-order valence-corrected chi connectivity index (χ1v) is 19.3. The maximum Gasteiger partial charge on any atom is 0.319 e. The van der Waals surface area contributed by atoms with E-state index in [9.17, 15) is 14.7 Å². The normalized spacial score (nSPS) is 48.8. The SMILES string of the molecule is CC(C)C(=O)N1CCO[C@@H](OC2CCC34CC35CCC3(C)C6C(OC(CN(C)C(=O)N(C)C)C[C@H]6C)[C@H](O)[C@@]3(C)C5CC[C@H]4C2(C)C)C1. The number of hydrogen-bond donors (Lipinski definition) is 1. The third kappa shape index (κ3) is 4.67. The number of aliphatic hydroxyl groups is 1. The molecule has 9 nitrogen and oxygen atoms in total. The highest BCUT2D eigenvalue weighted by Gasteiger charge is 2.84. The zero-order valence-corrected chi connectivity index (χ0v) is 31.6. The molecule has 0 aromatic rings. The number of fused-ring (bicyclic) bond motifs is 4. The van der Waals surface area contributed by atoms with E-state index in [2.05, 4.69) is 34.6 Å². The van der Waals surface area contributed by atoms with Gasteiger partial charge in [-0.3, -0.25) is 4.79 Å². The molecule has 2 heterocycles. The van der Waals surface area contributed by atoms with Gasteiger partial charge >= 0.3 is 6.03 Å². The number of carbonyl (C=O) groups excluding carboxylic acids is 2. The number of hydrogen-bond acceptors (Lipinski definition) is 6. The molecule has 7 fully saturated rings. The maximum absolute atomic E-state index is 12.8. The molecule has 48 heavy (non-hydrogen) atoms. The van der Waals surface area contributed by atoms with Crippen LogP contribution >= 0.6 is 0 Å². The summed E-state index contributed by atoms with van der Waals surface area (Å²) in [5, 5.41) is 12.5. The van der Waals surface area contributed by atoms with Crippen LogP contribution in [0.1, 0.15) is 99.8 Å². The van der Waals surface area contributed by atoms with E-state index >= 15 is 0 Å². The van der Waals surface area contributed by atoms with Crippen LogP contribution in [0, 0.1) is 56.7 Å². The number of aliphatic hydroxyl groups excluding tert-OH is 1. The molecular formula is C39H65N3O6. The Morgan fingerprint density at radius 2 is 1.69 bits per heavy atom. The van der Waals surface area contributed by atoms with E-state index in [4.69, 9.17) is 14.2 Å². The summed E-state index contributed by atoms with van der Waals surface area (Å²) < 4.78 is 19.8. The van der Waals surface area contributed by atoms with Gasteiger partial charge in [0.2, 0.25) is 5.91 Å². The van der Waals surface area contributed by atoms with Crippen LogP contribution in [0.5, 0.6) is 0 Å². The molecule has 3 amide bonds. The van der Waals surface area contributed by atoms with Crippen LogP contribution in [0.25, 0.3) is 0 Å². The monoisotopic (exact) mass is 671 g/mol. The van der Waals surface area contributed by atoms with Crippen LogP contribution in [-0.4, -0.2) is 110 Å². The summed E-state index contributed by atoms with van der Waals surface area (Å²) in [7, 11) is 5.44. The second-order valence-corrected chi connectivity index (χ2v) is 19.1. The first kappa shape index (κ1) is 35.0. The van der Waals surface area contributed by atoms with Gasteiger partial charge in [-0.1, -0.05) is 48.5 Å². The standard InChI is InChI=1S/C39H65N3O6/c1-23(2)33(44)42-17-18-46-29(21-42)48-28-13-14-38-22-39(38)16-15-36(6)30-24(3)19-25(20-41(10)34(45)40(8)9)47-31(30)32(43)37(36,7)27(39)12-11-26(38)35(28,4)5/h23-32,43H,11-22H2,1-10H3/t24-,25?,26+,27?,28?,29+,30?,31?,32+,36?,37-,38?,39?/m1/s1. The Bertz CT molecular complexity index is 1290. The Morgan fingerprint density at radius 1 is 1.00 bits per heavy atom. The van der Waals surface area contributed by atoms with Crippen molar-refractivity contribution in [3.8, 4) is 0 Å². The molecule has 2 saturated heterocycles. The van der Waals surface area contributed by atoms with Gasteiger partial charge in [-0.25, -0.2) is 4.79 Å². The number of rotatable bonds is 5. The van der Waals surface area contributed by atoms with E-state index in [1.165, 1.54) is 25.7 Å². The van der Waals surface area contributed by atoms with Crippen LogP contribution in [0.15, 0.2) is 0 Å². The van der Waals surface area contributed by atoms with Crippen molar-refractivity contribution < 1.29 is 28.9 Å². The predicted octanol–water partition coefficient (Wildman–Crippen LogP) is 5.64. The van der Waals surface area contributed by atoms with Gasteiger partial charge in [0.1, 0.15) is 0 Å². The average Bonchev–Trinajstić information content (AvgIpc) is 3.66. The number of ether oxygens (including phenoxy) is 3. The van der Waals surface area contributed by atoms with Gasteiger partial charge < -0.3 is 34.0 Å². The van der Waals surface area contributed by atoms with Crippen molar-refractivity contribution >= 4 is 11.9 Å². The van der Waals surface area contributed by atoms with Crippen molar-refractivity contribution in [1.29, 1.82) is 0 Å². The molecule has 13 atom stereocenters. The summed E-state index contributed by atoms with van der Waals surface area (Å²) in [5.74, 6) is 1.98. The topological polar surface area (TPSA) is 91.8 Å². The van der Waals surface area contributed by atoms with E-state index in [1.807, 2.05) is 25.8 Å². The summed E-state index contributed by atoms with van der Waals surface area (Å²) >= 11 is 0. The van der Waals surface area contributed by atoms with Gasteiger partial charge in [-0.2, -0.15) is 0 Å². The third-order valence-corrected chi connectivity index (χ3v) is 16.2. The molecule has 272 valence electrons. The van der Waals surface area contributed by atoms with E-state index in [0.29, 0.717) is 55.3 Å². The number of likely N-dealkylation sites (N-methyl/N-ethyl adjacent to an activating group) is 1. The highest BCUT2D eigenvalue weighted by atomic mass is 16.7. The number of urea groups is 1. The van der Waals surface area contributed by atoms with Crippen molar-refractivity contribution in [3.05, 3.63) is 0 Å². The van der Waals surface area contributed by atoms with Crippen molar-refractivity contribution in [1.82, 2.24) is 14.7 Å². The minimum Gasteiger partial charge on any atom is -0.390 e. The van der Waals surface area contributed by atoms with Gasteiger partial charge in [0.15, 0.2) is 6.29 Å². The molecule has 1 N–H and O–H groups in total. The molecule has 5 aliphatic carbocycles. The van der Waals surface area contributed by atoms with Crippen molar-refractivity contribution in [2.24, 2.45) is 56.7 Å². The Labute approximate surface area is 289 Å². The quantitative estimate of drug-likeness (QED) is 0.407.